The van der Waals surface area contributed by atoms with Gasteiger partial charge in [-0.05, 0) is 12.1 Å². The Kier molecular flexibility index (Phi) is 6.04. The molecule has 1 aromatic rings. The molecular formula is C10H9Cl3N2O3. The molecule has 0 unspecified atom stereocenters. The second kappa shape index (κ2) is 7.31. The molecule has 2 N–H and O–H groups in total. The predicted molar refractivity (Wildman–Crippen MR) is 69.0 cm³/mol. The number of alkyl halides is 1. The zero-order valence-electron chi connectivity index (χ0n) is 9.00. The monoisotopic (exact) mass is 310 g/mol. The fraction of sp³-hybridized carbons (Fsp3) is 0.200. The molecule has 0 saturated carbocycles. The van der Waals surface area contributed by atoms with E-state index in [9.17, 15) is 9.59 Å². The lowest BCUT2D eigenvalue weighted by molar-refractivity contribution is -0.128. The van der Waals surface area contributed by atoms with E-state index in [0.717, 1.165) is 0 Å². The zero-order chi connectivity index (χ0) is 13.5. The van der Waals surface area contributed by atoms with Crippen molar-refractivity contribution < 1.29 is 14.3 Å². The van der Waals surface area contributed by atoms with Crippen molar-refractivity contribution in [1.82, 2.24) is 10.9 Å². The molecule has 18 heavy (non-hydrogen) atoms. The van der Waals surface area contributed by atoms with Crippen LogP contribution in [0.4, 0.5) is 0 Å². The molecule has 0 aliphatic heterocycles. The molecule has 0 heterocycles. The molecule has 0 aliphatic carbocycles. The number of hydrogen-bond acceptors (Lipinski definition) is 3. The van der Waals surface area contributed by atoms with Crippen LogP contribution < -0.4 is 15.6 Å². The van der Waals surface area contributed by atoms with Gasteiger partial charge < -0.3 is 4.74 Å². The summed E-state index contributed by atoms with van der Waals surface area (Å²) >= 11 is 16.7. The average molecular weight is 312 g/mol. The Morgan fingerprint density at radius 3 is 2.39 bits per heavy atom. The molecule has 1 rings (SSSR count). The molecule has 0 saturated heterocycles. The van der Waals surface area contributed by atoms with Crippen LogP contribution in [0.3, 0.4) is 0 Å². The van der Waals surface area contributed by atoms with Crippen molar-refractivity contribution in [3.8, 4) is 5.75 Å². The van der Waals surface area contributed by atoms with Crippen LogP contribution in [0, 0.1) is 0 Å². The van der Waals surface area contributed by atoms with Crippen molar-refractivity contribution in [3.05, 3.63) is 28.2 Å². The summed E-state index contributed by atoms with van der Waals surface area (Å²) in [4.78, 5) is 22.0. The number of rotatable bonds is 4. The highest BCUT2D eigenvalue weighted by Gasteiger charge is 2.05. The molecule has 0 bridgehead atoms. The van der Waals surface area contributed by atoms with E-state index in [-0.39, 0.29) is 12.5 Å². The van der Waals surface area contributed by atoms with E-state index in [2.05, 4.69) is 10.9 Å². The molecule has 1 aromatic carbocycles. The normalized spacial score (nSPS) is 9.72. The van der Waals surface area contributed by atoms with Crippen LogP contribution in [0.25, 0.3) is 0 Å². The second-order valence-electron chi connectivity index (χ2n) is 3.09. The van der Waals surface area contributed by atoms with Gasteiger partial charge in [0.2, 0.25) is 0 Å². The molecule has 0 spiro atoms. The molecule has 98 valence electrons. The Bertz CT molecular complexity index is 454. The summed E-state index contributed by atoms with van der Waals surface area (Å²) in [5.74, 6) is -0.893. The average Bonchev–Trinajstić information content (AvgIpc) is 2.37. The first-order valence-corrected chi connectivity index (χ1v) is 6.03. The van der Waals surface area contributed by atoms with E-state index in [0.29, 0.717) is 15.8 Å². The van der Waals surface area contributed by atoms with E-state index in [4.69, 9.17) is 39.5 Å². The molecule has 0 atom stereocenters. The van der Waals surface area contributed by atoms with Crippen molar-refractivity contribution in [2.24, 2.45) is 0 Å². The third-order valence-electron chi connectivity index (χ3n) is 1.72. The fourth-order valence-corrected chi connectivity index (χ4v) is 1.28. The molecular weight excluding hydrogens is 302 g/mol. The topological polar surface area (TPSA) is 67.4 Å². The van der Waals surface area contributed by atoms with Gasteiger partial charge in [-0.3, -0.25) is 20.4 Å². The Hall–Kier alpha value is -1.17. The maximum atomic E-state index is 11.2. The number of carbonyl (C=O) groups excluding carboxylic acids is 2. The van der Waals surface area contributed by atoms with Gasteiger partial charge in [-0.2, -0.15) is 0 Å². The molecule has 0 aromatic heterocycles. The van der Waals surface area contributed by atoms with Gasteiger partial charge in [0.1, 0.15) is 11.6 Å². The summed E-state index contributed by atoms with van der Waals surface area (Å²) in [6.07, 6.45) is 0. The standard InChI is InChI=1S/C10H9Cl3N2O3/c11-4-9(16)14-15-10(17)5-18-6-1-2-7(12)8(13)3-6/h1-3H,4-5H2,(H,14,16)(H,15,17). The first kappa shape index (κ1) is 14.9. The van der Waals surface area contributed by atoms with Crippen LogP contribution in [0.2, 0.25) is 10.0 Å². The summed E-state index contributed by atoms with van der Waals surface area (Å²) in [7, 11) is 0. The lowest BCUT2D eigenvalue weighted by atomic mass is 10.3. The van der Waals surface area contributed by atoms with Gasteiger partial charge in [0, 0.05) is 6.07 Å². The SMILES string of the molecule is O=C(CCl)NNC(=O)COc1ccc(Cl)c(Cl)c1. The summed E-state index contributed by atoms with van der Waals surface area (Å²) in [5, 5.41) is 0.716. The van der Waals surface area contributed by atoms with Crippen molar-refractivity contribution in [3.63, 3.8) is 0 Å². The first-order chi connectivity index (χ1) is 8.52. The summed E-state index contributed by atoms with van der Waals surface area (Å²) in [6, 6.07) is 4.60. The molecule has 0 radical (unpaired) electrons. The van der Waals surface area contributed by atoms with Crippen molar-refractivity contribution >= 4 is 46.6 Å². The Morgan fingerprint density at radius 1 is 1.11 bits per heavy atom. The van der Waals surface area contributed by atoms with E-state index >= 15 is 0 Å². The highest BCUT2D eigenvalue weighted by atomic mass is 35.5. The number of benzene rings is 1. The molecule has 0 aliphatic rings. The Morgan fingerprint density at radius 2 is 1.78 bits per heavy atom. The van der Waals surface area contributed by atoms with E-state index in [1.807, 2.05) is 0 Å². The smallest absolute Gasteiger partial charge is 0.276 e. The number of ether oxygens (including phenoxy) is 1. The summed E-state index contributed by atoms with van der Waals surface area (Å²) in [5.41, 5.74) is 4.21. The minimum atomic E-state index is -0.528. The number of nitrogens with one attached hydrogen (secondary N) is 2. The Labute approximate surface area is 118 Å². The highest BCUT2D eigenvalue weighted by Crippen LogP contribution is 2.26. The van der Waals surface area contributed by atoms with Gasteiger partial charge in [-0.15, -0.1) is 11.6 Å². The van der Waals surface area contributed by atoms with Gasteiger partial charge in [0.05, 0.1) is 10.0 Å². The van der Waals surface area contributed by atoms with Gasteiger partial charge >= 0.3 is 0 Å². The van der Waals surface area contributed by atoms with Crippen LogP contribution in [-0.2, 0) is 9.59 Å². The fourth-order valence-electron chi connectivity index (χ4n) is 0.924. The summed E-state index contributed by atoms with van der Waals surface area (Å²) in [6.45, 7) is -0.277. The minimum absolute atomic E-state index is 0.242. The number of carbonyl (C=O) groups is 2. The summed E-state index contributed by atoms with van der Waals surface area (Å²) < 4.78 is 5.13. The number of hydrazine groups is 1. The third kappa shape index (κ3) is 5.00. The van der Waals surface area contributed by atoms with E-state index in [1.165, 1.54) is 6.07 Å². The highest BCUT2D eigenvalue weighted by molar-refractivity contribution is 6.42. The van der Waals surface area contributed by atoms with Gasteiger partial charge in [-0.1, -0.05) is 23.2 Å². The number of amides is 2. The molecule has 5 nitrogen and oxygen atoms in total. The van der Waals surface area contributed by atoms with E-state index in [1.54, 1.807) is 12.1 Å². The van der Waals surface area contributed by atoms with Crippen LogP contribution >= 0.6 is 34.8 Å². The maximum Gasteiger partial charge on any atom is 0.276 e. The molecule has 2 amide bonds. The largest absolute Gasteiger partial charge is 0.484 e. The first-order valence-electron chi connectivity index (χ1n) is 4.74. The van der Waals surface area contributed by atoms with Crippen molar-refractivity contribution in [2.75, 3.05) is 12.5 Å². The van der Waals surface area contributed by atoms with Crippen LogP contribution in [0.1, 0.15) is 0 Å². The Balaban J connectivity index is 2.38. The lowest BCUT2D eigenvalue weighted by Crippen LogP contribution is -2.44. The van der Waals surface area contributed by atoms with Gasteiger partial charge in [-0.25, -0.2) is 0 Å². The van der Waals surface area contributed by atoms with Crippen molar-refractivity contribution in [2.45, 2.75) is 0 Å². The third-order valence-corrected chi connectivity index (χ3v) is 2.71. The second-order valence-corrected chi connectivity index (χ2v) is 4.18. The van der Waals surface area contributed by atoms with Crippen LogP contribution in [-0.4, -0.2) is 24.3 Å². The lowest BCUT2D eigenvalue weighted by Gasteiger charge is -2.08. The maximum absolute atomic E-state index is 11.2. The number of halogens is 3. The van der Waals surface area contributed by atoms with Crippen LogP contribution in [0.5, 0.6) is 5.75 Å². The predicted octanol–water partition coefficient (Wildman–Crippen LogP) is 1.76. The van der Waals surface area contributed by atoms with Gasteiger partial charge in [0.25, 0.3) is 11.8 Å². The van der Waals surface area contributed by atoms with Crippen LogP contribution in [0.15, 0.2) is 18.2 Å². The van der Waals surface area contributed by atoms with Gasteiger partial charge in [0.15, 0.2) is 6.61 Å². The molecule has 0 fully saturated rings. The zero-order valence-corrected chi connectivity index (χ0v) is 11.3. The number of hydrogen-bond donors (Lipinski definition) is 2. The van der Waals surface area contributed by atoms with E-state index < -0.39 is 11.8 Å². The molecule has 8 heteroatoms. The van der Waals surface area contributed by atoms with Crippen molar-refractivity contribution in [1.29, 1.82) is 0 Å². The minimum Gasteiger partial charge on any atom is -0.484 e. The quantitative estimate of drug-likeness (QED) is 0.658.